The molecule has 0 radical (unpaired) electrons. The summed E-state index contributed by atoms with van der Waals surface area (Å²) in [5, 5.41) is 6.28. The third-order valence-corrected chi connectivity index (χ3v) is 5.01. The molecular formula is C13H14BrN3OS. The Hall–Kier alpha value is -1.14. The Morgan fingerprint density at radius 2 is 2.42 bits per heavy atom. The van der Waals surface area contributed by atoms with Gasteiger partial charge < -0.3 is 4.90 Å². The number of rotatable bonds is 2. The minimum atomic E-state index is 0.127. The molecule has 100 valence electrons. The van der Waals surface area contributed by atoms with Crippen LogP contribution in [-0.2, 0) is 0 Å². The molecule has 4 nitrogen and oxygen atoms in total. The molecule has 1 unspecified atom stereocenters. The Morgan fingerprint density at radius 1 is 1.58 bits per heavy atom. The first-order valence-corrected chi connectivity index (χ1v) is 7.85. The SMILES string of the molecule is Cc1cnn(C2CCN(C(=O)c3cc(Br)cs3)C2)c1. The van der Waals surface area contributed by atoms with E-state index in [0.29, 0.717) is 6.04 Å². The fourth-order valence-electron chi connectivity index (χ4n) is 2.36. The van der Waals surface area contributed by atoms with E-state index < -0.39 is 0 Å². The molecule has 19 heavy (non-hydrogen) atoms. The van der Waals surface area contributed by atoms with Gasteiger partial charge in [0, 0.05) is 29.1 Å². The van der Waals surface area contributed by atoms with Crippen LogP contribution < -0.4 is 0 Å². The number of carbonyl (C=O) groups excluding carboxylic acids is 1. The van der Waals surface area contributed by atoms with Crippen molar-refractivity contribution in [3.8, 4) is 0 Å². The standard InChI is InChI=1S/C13H14BrN3OS/c1-9-5-15-17(6-9)11-2-3-16(7-11)13(18)12-4-10(14)8-19-12/h4-6,8,11H,2-3,7H2,1H3. The van der Waals surface area contributed by atoms with E-state index in [0.717, 1.165) is 34.4 Å². The molecule has 1 saturated heterocycles. The lowest BCUT2D eigenvalue weighted by Crippen LogP contribution is -2.28. The van der Waals surface area contributed by atoms with Crippen LogP contribution in [0.15, 0.2) is 28.3 Å². The van der Waals surface area contributed by atoms with Crippen molar-refractivity contribution >= 4 is 33.2 Å². The van der Waals surface area contributed by atoms with Crippen molar-refractivity contribution in [1.29, 1.82) is 0 Å². The fourth-order valence-corrected chi connectivity index (χ4v) is 3.75. The second-order valence-electron chi connectivity index (χ2n) is 4.82. The van der Waals surface area contributed by atoms with Crippen LogP contribution in [-0.4, -0.2) is 33.7 Å². The topological polar surface area (TPSA) is 38.1 Å². The van der Waals surface area contributed by atoms with Crippen LogP contribution in [0, 0.1) is 6.92 Å². The average Bonchev–Trinajstić information content (AvgIpc) is 3.07. The predicted molar refractivity (Wildman–Crippen MR) is 78.5 cm³/mol. The minimum Gasteiger partial charge on any atom is -0.336 e. The van der Waals surface area contributed by atoms with Gasteiger partial charge in [-0.25, -0.2) is 0 Å². The van der Waals surface area contributed by atoms with Gasteiger partial charge in [0.1, 0.15) is 0 Å². The number of carbonyl (C=O) groups is 1. The molecule has 0 aliphatic carbocycles. The highest BCUT2D eigenvalue weighted by Crippen LogP contribution is 2.26. The summed E-state index contributed by atoms with van der Waals surface area (Å²) in [4.78, 5) is 15.0. The molecule has 0 N–H and O–H groups in total. The molecule has 3 rings (SSSR count). The van der Waals surface area contributed by atoms with Gasteiger partial charge in [0.05, 0.1) is 17.1 Å². The van der Waals surface area contributed by atoms with Crippen molar-refractivity contribution in [2.45, 2.75) is 19.4 Å². The van der Waals surface area contributed by atoms with Crippen molar-refractivity contribution in [1.82, 2.24) is 14.7 Å². The van der Waals surface area contributed by atoms with Crippen LogP contribution in [0.4, 0.5) is 0 Å². The number of hydrogen-bond donors (Lipinski definition) is 0. The maximum atomic E-state index is 12.3. The molecule has 3 heterocycles. The van der Waals surface area contributed by atoms with Crippen molar-refractivity contribution < 1.29 is 4.79 Å². The zero-order chi connectivity index (χ0) is 13.4. The van der Waals surface area contributed by atoms with E-state index >= 15 is 0 Å². The lowest BCUT2D eigenvalue weighted by atomic mass is 10.3. The van der Waals surface area contributed by atoms with Gasteiger partial charge in [-0.3, -0.25) is 9.48 Å². The molecule has 0 saturated carbocycles. The molecule has 0 bridgehead atoms. The van der Waals surface area contributed by atoms with Gasteiger partial charge in [-0.05, 0) is 40.9 Å². The average molecular weight is 340 g/mol. The van der Waals surface area contributed by atoms with Gasteiger partial charge >= 0.3 is 0 Å². The Kier molecular flexibility index (Phi) is 3.45. The van der Waals surface area contributed by atoms with E-state index in [9.17, 15) is 4.79 Å². The number of thiophene rings is 1. The Labute approximate surface area is 124 Å². The van der Waals surface area contributed by atoms with Gasteiger partial charge in [0.2, 0.25) is 0 Å². The summed E-state index contributed by atoms with van der Waals surface area (Å²) in [5.41, 5.74) is 1.16. The van der Waals surface area contributed by atoms with Crippen molar-refractivity contribution in [3.05, 3.63) is 38.8 Å². The first kappa shape index (κ1) is 12.9. The zero-order valence-electron chi connectivity index (χ0n) is 10.5. The molecule has 6 heteroatoms. The highest BCUT2D eigenvalue weighted by molar-refractivity contribution is 9.10. The van der Waals surface area contributed by atoms with Gasteiger partial charge in [-0.15, -0.1) is 11.3 Å². The molecule has 1 aliphatic rings. The van der Waals surface area contributed by atoms with E-state index in [1.54, 1.807) is 0 Å². The van der Waals surface area contributed by atoms with Crippen LogP contribution in [0.25, 0.3) is 0 Å². The molecule has 1 atom stereocenters. The zero-order valence-corrected chi connectivity index (χ0v) is 12.9. The molecule has 1 amide bonds. The maximum Gasteiger partial charge on any atom is 0.264 e. The molecule has 2 aromatic heterocycles. The number of aromatic nitrogens is 2. The summed E-state index contributed by atoms with van der Waals surface area (Å²) in [6.07, 6.45) is 4.88. The number of likely N-dealkylation sites (tertiary alicyclic amines) is 1. The summed E-state index contributed by atoms with van der Waals surface area (Å²) < 4.78 is 2.95. The lowest BCUT2D eigenvalue weighted by molar-refractivity contribution is 0.0792. The summed E-state index contributed by atoms with van der Waals surface area (Å²) in [6.45, 7) is 3.58. The Morgan fingerprint density at radius 3 is 3.05 bits per heavy atom. The first-order chi connectivity index (χ1) is 9.13. The van der Waals surface area contributed by atoms with E-state index in [1.165, 1.54) is 11.3 Å². The van der Waals surface area contributed by atoms with E-state index in [4.69, 9.17) is 0 Å². The summed E-state index contributed by atoms with van der Waals surface area (Å²) in [6, 6.07) is 2.19. The Balaban J connectivity index is 1.70. The van der Waals surface area contributed by atoms with Crippen LogP contribution >= 0.6 is 27.3 Å². The largest absolute Gasteiger partial charge is 0.336 e. The van der Waals surface area contributed by atoms with Gasteiger partial charge in [0.25, 0.3) is 5.91 Å². The Bertz CT molecular complexity index is 607. The number of amides is 1. The van der Waals surface area contributed by atoms with Crippen molar-refractivity contribution in [3.63, 3.8) is 0 Å². The van der Waals surface area contributed by atoms with Crippen LogP contribution in [0.5, 0.6) is 0 Å². The minimum absolute atomic E-state index is 0.127. The summed E-state index contributed by atoms with van der Waals surface area (Å²) >= 11 is 4.87. The van der Waals surface area contributed by atoms with Crippen molar-refractivity contribution in [2.75, 3.05) is 13.1 Å². The summed E-state index contributed by atoms with van der Waals surface area (Å²) in [5.74, 6) is 0.127. The number of nitrogens with zero attached hydrogens (tertiary/aromatic N) is 3. The molecule has 0 aromatic carbocycles. The number of halogens is 1. The highest BCUT2D eigenvalue weighted by atomic mass is 79.9. The molecule has 2 aromatic rings. The highest BCUT2D eigenvalue weighted by Gasteiger charge is 2.29. The molecule has 1 aliphatic heterocycles. The number of hydrogen-bond acceptors (Lipinski definition) is 3. The van der Waals surface area contributed by atoms with Gasteiger partial charge in [-0.2, -0.15) is 5.10 Å². The van der Waals surface area contributed by atoms with Crippen LogP contribution in [0.2, 0.25) is 0 Å². The maximum absolute atomic E-state index is 12.3. The first-order valence-electron chi connectivity index (χ1n) is 6.17. The van der Waals surface area contributed by atoms with Gasteiger partial charge in [-0.1, -0.05) is 0 Å². The second kappa shape index (κ2) is 5.09. The molecular weight excluding hydrogens is 326 g/mol. The van der Waals surface area contributed by atoms with Crippen LogP contribution in [0.1, 0.15) is 27.7 Å². The fraction of sp³-hybridized carbons (Fsp3) is 0.385. The monoisotopic (exact) mass is 339 g/mol. The van der Waals surface area contributed by atoms with E-state index in [-0.39, 0.29) is 5.91 Å². The smallest absolute Gasteiger partial charge is 0.264 e. The molecule has 0 spiro atoms. The predicted octanol–water partition coefficient (Wildman–Crippen LogP) is 3.10. The van der Waals surface area contributed by atoms with Gasteiger partial charge in [0.15, 0.2) is 0 Å². The van der Waals surface area contributed by atoms with E-state index in [1.807, 2.05) is 40.3 Å². The second-order valence-corrected chi connectivity index (χ2v) is 6.65. The third-order valence-electron chi connectivity index (χ3n) is 3.33. The van der Waals surface area contributed by atoms with Crippen LogP contribution in [0.3, 0.4) is 0 Å². The summed E-state index contributed by atoms with van der Waals surface area (Å²) in [7, 11) is 0. The van der Waals surface area contributed by atoms with E-state index in [2.05, 4.69) is 21.0 Å². The lowest BCUT2D eigenvalue weighted by Gasteiger charge is -2.15. The molecule has 1 fully saturated rings. The quantitative estimate of drug-likeness (QED) is 0.843. The third kappa shape index (κ3) is 2.60. The van der Waals surface area contributed by atoms with Crippen molar-refractivity contribution in [2.24, 2.45) is 0 Å². The normalized spacial score (nSPS) is 19.1. The number of aryl methyl sites for hydroxylation is 1.